The lowest BCUT2D eigenvalue weighted by Crippen LogP contribution is -2.16. The van der Waals surface area contributed by atoms with E-state index in [1.807, 2.05) is 16.9 Å². The van der Waals surface area contributed by atoms with Gasteiger partial charge in [-0.05, 0) is 37.5 Å². The number of hydrogen-bond donors (Lipinski definition) is 1. The number of methoxy groups -OCH3 is 1. The minimum absolute atomic E-state index is 0.269. The Bertz CT molecular complexity index is 634. The third-order valence-electron chi connectivity index (χ3n) is 3.91. The highest BCUT2D eigenvalue weighted by Crippen LogP contribution is 2.21. The first-order valence-electron chi connectivity index (χ1n) is 7.24. The summed E-state index contributed by atoms with van der Waals surface area (Å²) in [6.07, 6.45) is 4.45. The average molecular weight is 289 g/mol. The lowest BCUT2D eigenvalue weighted by molar-refractivity contribution is 0.386. The Morgan fingerprint density at radius 1 is 1.43 bits per heavy atom. The van der Waals surface area contributed by atoms with Crippen molar-refractivity contribution in [3.8, 4) is 5.75 Å². The van der Waals surface area contributed by atoms with Gasteiger partial charge in [0.05, 0.1) is 19.9 Å². The Morgan fingerprint density at radius 3 is 2.90 bits per heavy atom. The molecule has 0 saturated heterocycles. The summed E-state index contributed by atoms with van der Waals surface area (Å²) in [5.74, 6) is -0.0688. The van der Waals surface area contributed by atoms with Gasteiger partial charge in [0.1, 0.15) is 0 Å². The molecule has 1 aliphatic carbocycles. The zero-order valence-corrected chi connectivity index (χ0v) is 12.4. The van der Waals surface area contributed by atoms with Crippen LogP contribution in [0.5, 0.6) is 5.75 Å². The van der Waals surface area contributed by atoms with Crippen LogP contribution in [0.4, 0.5) is 4.39 Å². The van der Waals surface area contributed by atoms with Crippen molar-refractivity contribution in [1.29, 1.82) is 0 Å². The Hall–Kier alpha value is -1.88. The highest BCUT2D eigenvalue weighted by molar-refractivity contribution is 5.30. The lowest BCUT2D eigenvalue weighted by atomic mass is 10.2. The summed E-state index contributed by atoms with van der Waals surface area (Å²) in [6.45, 7) is 3.47. The molecule has 1 heterocycles. The molecule has 1 N–H and O–H groups in total. The van der Waals surface area contributed by atoms with E-state index >= 15 is 0 Å². The molecular weight excluding hydrogens is 269 g/mol. The van der Waals surface area contributed by atoms with Crippen LogP contribution in [0.3, 0.4) is 0 Å². The van der Waals surface area contributed by atoms with Gasteiger partial charge in [0.2, 0.25) is 0 Å². The van der Waals surface area contributed by atoms with Crippen LogP contribution >= 0.6 is 0 Å². The topological polar surface area (TPSA) is 39.1 Å². The maximum atomic E-state index is 13.7. The maximum absolute atomic E-state index is 13.7. The molecule has 21 heavy (non-hydrogen) atoms. The van der Waals surface area contributed by atoms with Crippen LogP contribution in [0.15, 0.2) is 24.4 Å². The van der Waals surface area contributed by atoms with Gasteiger partial charge in [-0.25, -0.2) is 4.39 Å². The van der Waals surface area contributed by atoms with Gasteiger partial charge in [-0.15, -0.1) is 0 Å². The van der Waals surface area contributed by atoms with Gasteiger partial charge in [-0.2, -0.15) is 5.10 Å². The van der Waals surface area contributed by atoms with Crippen molar-refractivity contribution in [3.05, 3.63) is 47.0 Å². The monoisotopic (exact) mass is 289 g/mol. The van der Waals surface area contributed by atoms with Crippen LogP contribution in [0.1, 0.15) is 29.7 Å². The molecule has 2 aromatic rings. The van der Waals surface area contributed by atoms with Gasteiger partial charge in [0.25, 0.3) is 0 Å². The Morgan fingerprint density at radius 2 is 2.24 bits per heavy atom. The van der Waals surface area contributed by atoms with Gasteiger partial charge in [0.15, 0.2) is 11.6 Å². The summed E-state index contributed by atoms with van der Waals surface area (Å²) in [5, 5.41) is 7.89. The third kappa shape index (κ3) is 3.24. The SMILES string of the molecule is COc1ccc(Cn2ncc(CNC3CC3)c2C)cc1F. The molecule has 1 aromatic heterocycles. The van der Waals surface area contributed by atoms with Gasteiger partial charge in [0, 0.05) is 23.8 Å². The number of aromatic nitrogens is 2. The highest BCUT2D eigenvalue weighted by Gasteiger charge is 2.20. The second-order valence-electron chi connectivity index (χ2n) is 5.54. The summed E-state index contributed by atoms with van der Waals surface area (Å²) < 4.78 is 20.6. The molecule has 0 radical (unpaired) electrons. The van der Waals surface area contributed by atoms with Crippen molar-refractivity contribution in [3.63, 3.8) is 0 Å². The van der Waals surface area contributed by atoms with E-state index in [0.29, 0.717) is 12.6 Å². The van der Waals surface area contributed by atoms with Crippen molar-refractivity contribution in [1.82, 2.24) is 15.1 Å². The van der Waals surface area contributed by atoms with Crippen molar-refractivity contribution >= 4 is 0 Å². The van der Waals surface area contributed by atoms with Crippen LogP contribution in [0, 0.1) is 12.7 Å². The minimum atomic E-state index is -0.338. The summed E-state index contributed by atoms with van der Waals surface area (Å²) in [4.78, 5) is 0. The molecule has 112 valence electrons. The van der Waals surface area contributed by atoms with E-state index in [4.69, 9.17) is 4.74 Å². The molecule has 1 aromatic carbocycles. The number of hydrogen-bond acceptors (Lipinski definition) is 3. The molecule has 1 aliphatic rings. The molecule has 0 unspecified atom stereocenters. The molecule has 3 rings (SSSR count). The number of ether oxygens (including phenoxy) is 1. The fraction of sp³-hybridized carbons (Fsp3) is 0.438. The second kappa shape index (κ2) is 5.85. The second-order valence-corrected chi connectivity index (χ2v) is 5.54. The Balaban J connectivity index is 1.70. The molecule has 1 saturated carbocycles. The predicted molar refractivity (Wildman–Crippen MR) is 78.9 cm³/mol. The van der Waals surface area contributed by atoms with Gasteiger partial charge >= 0.3 is 0 Å². The zero-order valence-electron chi connectivity index (χ0n) is 12.4. The number of nitrogens with zero attached hydrogens (tertiary/aromatic N) is 2. The van der Waals surface area contributed by atoms with E-state index in [1.165, 1.54) is 31.6 Å². The van der Waals surface area contributed by atoms with Crippen LogP contribution < -0.4 is 10.1 Å². The summed E-state index contributed by atoms with van der Waals surface area (Å²) in [7, 11) is 1.47. The van der Waals surface area contributed by atoms with Crippen LogP contribution in [-0.4, -0.2) is 22.9 Å². The van der Waals surface area contributed by atoms with E-state index in [-0.39, 0.29) is 11.6 Å². The van der Waals surface area contributed by atoms with E-state index < -0.39 is 0 Å². The predicted octanol–water partition coefficient (Wildman–Crippen LogP) is 2.64. The molecule has 1 fully saturated rings. The molecular formula is C16H20FN3O. The number of rotatable bonds is 6. The van der Waals surface area contributed by atoms with Crippen LogP contribution in [0.2, 0.25) is 0 Å². The fourth-order valence-electron chi connectivity index (χ4n) is 2.34. The van der Waals surface area contributed by atoms with E-state index in [1.54, 1.807) is 6.07 Å². The summed E-state index contributed by atoms with van der Waals surface area (Å²) in [5.41, 5.74) is 3.21. The molecule has 0 bridgehead atoms. The van der Waals surface area contributed by atoms with Crippen molar-refractivity contribution in [2.24, 2.45) is 0 Å². The summed E-state index contributed by atoms with van der Waals surface area (Å²) >= 11 is 0. The molecule has 0 atom stereocenters. The number of halogens is 1. The lowest BCUT2D eigenvalue weighted by Gasteiger charge is -2.08. The first kappa shape index (κ1) is 14.1. The quantitative estimate of drug-likeness (QED) is 0.888. The van der Waals surface area contributed by atoms with Crippen molar-refractivity contribution < 1.29 is 9.13 Å². The largest absolute Gasteiger partial charge is 0.494 e. The normalized spacial score (nSPS) is 14.4. The summed E-state index contributed by atoms with van der Waals surface area (Å²) in [6, 6.07) is 5.70. The first-order chi connectivity index (χ1) is 10.2. The number of nitrogens with one attached hydrogen (secondary N) is 1. The van der Waals surface area contributed by atoms with Gasteiger partial charge in [-0.3, -0.25) is 4.68 Å². The van der Waals surface area contributed by atoms with Crippen LogP contribution in [-0.2, 0) is 13.1 Å². The Labute approximate surface area is 123 Å². The van der Waals surface area contributed by atoms with E-state index in [0.717, 1.165) is 17.8 Å². The smallest absolute Gasteiger partial charge is 0.165 e. The average Bonchev–Trinajstić information content (AvgIpc) is 3.24. The molecule has 0 aliphatic heterocycles. The highest BCUT2D eigenvalue weighted by atomic mass is 19.1. The maximum Gasteiger partial charge on any atom is 0.165 e. The standard InChI is InChI=1S/C16H20FN3O/c1-11-13(8-18-14-4-5-14)9-19-20(11)10-12-3-6-16(21-2)15(17)7-12/h3,6-7,9,14,18H,4-5,8,10H2,1-2H3. The molecule has 0 amide bonds. The number of benzene rings is 1. The Kier molecular flexibility index (Phi) is 3.92. The minimum Gasteiger partial charge on any atom is -0.494 e. The van der Waals surface area contributed by atoms with Crippen LogP contribution in [0.25, 0.3) is 0 Å². The zero-order chi connectivity index (χ0) is 14.8. The van der Waals surface area contributed by atoms with Crippen molar-refractivity contribution in [2.45, 2.75) is 38.9 Å². The fourth-order valence-corrected chi connectivity index (χ4v) is 2.34. The molecule has 4 nitrogen and oxygen atoms in total. The van der Waals surface area contributed by atoms with Gasteiger partial charge < -0.3 is 10.1 Å². The molecule has 0 spiro atoms. The third-order valence-corrected chi connectivity index (χ3v) is 3.91. The van der Waals surface area contributed by atoms with E-state index in [2.05, 4.69) is 17.3 Å². The molecule has 5 heteroatoms. The first-order valence-corrected chi connectivity index (χ1v) is 7.24. The van der Waals surface area contributed by atoms with Crippen molar-refractivity contribution in [2.75, 3.05) is 7.11 Å². The van der Waals surface area contributed by atoms with Gasteiger partial charge in [-0.1, -0.05) is 6.07 Å². The van der Waals surface area contributed by atoms with E-state index in [9.17, 15) is 4.39 Å².